The molecule has 1 N–H and O–H groups in total. The first-order valence-corrected chi connectivity index (χ1v) is 8.07. The molecule has 1 heterocycles. The van der Waals surface area contributed by atoms with Gasteiger partial charge < -0.3 is 5.32 Å². The van der Waals surface area contributed by atoms with Crippen LogP contribution in [0.15, 0.2) is 48.5 Å². The van der Waals surface area contributed by atoms with Crippen LogP contribution in [0.2, 0.25) is 0 Å². The van der Waals surface area contributed by atoms with E-state index in [-0.39, 0.29) is 12.0 Å². The molecule has 3 rings (SSSR count). The first kappa shape index (κ1) is 17.7. The summed E-state index contributed by atoms with van der Waals surface area (Å²) < 4.78 is 26.8. The average Bonchev–Trinajstić information content (AvgIpc) is 2.87. The predicted molar refractivity (Wildman–Crippen MR) is 89.3 cm³/mol. The van der Waals surface area contributed by atoms with Gasteiger partial charge in [-0.2, -0.15) is 0 Å². The van der Waals surface area contributed by atoms with Gasteiger partial charge in [-0.25, -0.2) is 13.6 Å². The fourth-order valence-electron chi connectivity index (χ4n) is 3.08. The third-order valence-electron chi connectivity index (χ3n) is 4.51. The number of amides is 3. The maximum Gasteiger partial charge on any atom is 0.325 e. The highest BCUT2D eigenvalue weighted by molar-refractivity contribution is 6.11. The third kappa shape index (κ3) is 2.85. The molecular weight excluding hydrogens is 342 g/mol. The van der Waals surface area contributed by atoms with Gasteiger partial charge in [0.1, 0.15) is 17.2 Å². The van der Waals surface area contributed by atoms with Crippen molar-refractivity contribution in [2.45, 2.75) is 18.9 Å². The lowest BCUT2D eigenvalue weighted by atomic mass is 9.87. The van der Waals surface area contributed by atoms with Crippen LogP contribution in [-0.4, -0.2) is 29.2 Å². The summed E-state index contributed by atoms with van der Waals surface area (Å²) in [4.78, 5) is 38.3. The lowest BCUT2D eigenvalue weighted by Crippen LogP contribution is -2.43. The summed E-state index contributed by atoms with van der Waals surface area (Å²) in [6.45, 7) is 1.12. The molecular formula is C19H16F2N2O3. The van der Waals surface area contributed by atoms with Crippen LogP contribution < -0.4 is 5.32 Å². The van der Waals surface area contributed by atoms with Crippen LogP contribution in [0, 0.1) is 11.6 Å². The van der Waals surface area contributed by atoms with Crippen LogP contribution in [0.3, 0.4) is 0 Å². The first-order valence-electron chi connectivity index (χ1n) is 8.07. The number of carbonyl (C=O) groups excluding carboxylic acids is 3. The van der Waals surface area contributed by atoms with E-state index < -0.39 is 41.4 Å². The van der Waals surface area contributed by atoms with Gasteiger partial charge in [0, 0.05) is 6.07 Å². The number of halogens is 2. The van der Waals surface area contributed by atoms with Crippen LogP contribution in [-0.2, 0) is 10.3 Å². The molecule has 0 bridgehead atoms. The molecule has 1 saturated heterocycles. The lowest BCUT2D eigenvalue weighted by Gasteiger charge is -2.25. The summed E-state index contributed by atoms with van der Waals surface area (Å²) in [5.41, 5.74) is -1.04. The number of nitrogens with one attached hydrogen (secondary N) is 1. The second-order valence-corrected chi connectivity index (χ2v) is 5.99. The first-order chi connectivity index (χ1) is 12.4. The molecule has 2 aromatic rings. The SMILES string of the molecule is CC[C@]1(c2ccccc2)NC(=O)N(CC(=O)c2ccc(F)cc2F)C1=O. The van der Waals surface area contributed by atoms with E-state index >= 15 is 0 Å². The second kappa shape index (κ2) is 6.67. The van der Waals surface area contributed by atoms with Crippen molar-refractivity contribution in [2.24, 2.45) is 0 Å². The molecule has 1 aliphatic rings. The number of imide groups is 1. The molecule has 26 heavy (non-hydrogen) atoms. The molecule has 1 atom stereocenters. The Morgan fingerprint density at radius 1 is 1.12 bits per heavy atom. The molecule has 1 fully saturated rings. The van der Waals surface area contributed by atoms with Crippen molar-refractivity contribution < 1.29 is 23.2 Å². The summed E-state index contributed by atoms with van der Waals surface area (Å²) in [5, 5.41) is 2.65. The highest BCUT2D eigenvalue weighted by atomic mass is 19.1. The molecule has 3 amide bonds. The number of nitrogens with zero attached hydrogens (tertiary/aromatic N) is 1. The Morgan fingerprint density at radius 3 is 2.42 bits per heavy atom. The Hall–Kier alpha value is -3.09. The largest absolute Gasteiger partial charge is 0.325 e. The molecule has 2 aromatic carbocycles. The Morgan fingerprint density at radius 2 is 1.81 bits per heavy atom. The maximum atomic E-state index is 13.8. The van der Waals surface area contributed by atoms with E-state index in [9.17, 15) is 23.2 Å². The molecule has 0 saturated carbocycles. The van der Waals surface area contributed by atoms with Crippen molar-refractivity contribution in [1.29, 1.82) is 0 Å². The molecule has 1 aliphatic heterocycles. The smallest absolute Gasteiger partial charge is 0.319 e. The van der Waals surface area contributed by atoms with Crippen LogP contribution in [0.5, 0.6) is 0 Å². The average molecular weight is 358 g/mol. The molecule has 0 radical (unpaired) electrons. The summed E-state index contributed by atoms with van der Waals surface area (Å²) >= 11 is 0. The normalized spacial score (nSPS) is 19.6. The van der Waals surface area contributed by atoms with Gasteiger partial charge in [-0.3, -0.25) is 14.5 Å². The Bertz CT molecular complexity index is 886. The van der Waals surface area contributed by atoms with Gasteiger partial charge in [0.2, 0.25) is 0 Å². The topological polar surface area (TPSA) is 66.5 Å². The Kier molecular flexibility index (Phi) is 4.54. The minimum atomic E-state index is -1.26. The summed E-state index contributed by atoms with van der Waals surface area (Å²) in [5.74, 6) is -3.21. The van der Waals surface area contributed by atoms with Crippen LogP contribution in [0.1, 0.15) is 29.3 Å². The molecule has 0 aromatic heterocycles. The van der Waals surface area contributed by atoms with Crippen molar-refractivity contribution >= 4 is 17.7 Å². The monoisotopic (exact) mass is 358 g/mol. The van der Waals surface area contributed by atoms with Crippen LogP contribution in [0.4, 0.5) is 13.6 Å². The number of rotatable bonds is 5. The molecule has 5 nitrogen and oxygen atoms in total. The number of hydrogen-bond donors (Lipinski definition) is 1. The standard InChI is InChI=1S/C19H16F2N2O3/c1-2-19(12-6-4-3-5-7-12)17(25)23(18(26)22-19)11-16(24)14-9-8-13(20)10-15(14)21/h3-10H,2,11H2,1H3,(H,22,26)/t19-/m1/s1. The van der Waals surface area contributed by atoms with E-state index in [1.807, 2.05) is 0 Å². The van der Waals surface area contributed by atoms with Crippen molar-refractivity contribution in [3.63, 3.8) is 0 Å². The fourth-order valence-corrected chi connectivity index (χ4v) is 3.08. The van der Waals surface area contributed by atoms with Crippen molar-refractivity contribution in [3.05, 3.63) is 71.3 Å². The summed E-state index contributed by atoms with van der Waals surface area (Å²) in [7, 11) is 0. The minimum absolute atomic E-state index is 0.289. The number of hydrogen-bond acceptors (Lipinski definition) is 3. The molecule has 134 valence electrons. The zero-order valence-corrected chi connectivity index (χ0v) is 14.0. The van der Waals surface area contributed by atoms with Gasteiger partial charge in [-0.1, -0.05) is 37.3 Å². The van der Waals surface area contributed by atoms with E-state index in [1.165, 1.54) is 0 Å². The predicted octanol–water partition coefficient (Wildman–Crippen LogP) is 3.00. The van der Waals surface area contributed by atoms with E-state index in [0.29, 0.717) is 11.6 Å². The van der Waals surface area contributed by atoms with Gasteiger partial charge in [0.15, 0.2) is 5.78 Å². The van der Waals surface area contributed by atoms with Crippen LogP contribution in [0.25, 0.3) is 0 Å². The molecule has 0 aliphatic carbocycles. The highest BCUT2D eigenvalue weighted by Crippen LogP contribution is 2.32. The third-order valence-corrected chi connectivity index (χ3v) is 4.51. The fraction of sp³-hybridized carbons (Fsp3) is 0.211. The number of Topliss-reactive ketones (excluding diaryl/α,β-unsaturated/α-hetero) is 1. The van der Waals surface area contributed by atoms with Gasteiger partial charge in [0.25, 0.3) is 5.91 Å². The van der Waals surface area contributed by atoms with Gasteiger partial charge in [-0.05, 0) is 24.1 Å². The quantitative estimate of drug-likeness (QED) is 0.660. The number of benzene rings is 2. The molecule has 0 unspecified atom stereocenters. The molecule has 7 heteroatoms. The van der Waals surface area contributed by atoms with Gasteiger partial charge in [0.05, 0.1) is 12.1 Å². The van der Waals surface area contributed by atoms with Gasteiger partial charge >= 0.3 is 6.03 Å². The Balaban J connectivity index is 1.88. The number of urea groups is 1. The Labute approximate surface area is 148 Å². The van der Waals surface area contributed by atoms with E-state index in [4.69, 9.17) is 0 Å². The van der Waals surface area contributed by atoms with Crippen LogP contribution >= 0.6 is 0 Å². The van der Waals surface area contributed by atoms with Gasteiger partial charge in [-0.15, -0.1) is 0 Å². The zero-order chi connectivity index (χ0) is 18.9. The maximum absolute atomic E-state index is 13.8. The van der Waals surface area contributed by atoms with Crippen molar-refractivity contribution in [1.82, 2.24) is 10.2 Å². The van der Waals surface area contributed by atoms with E-state index in [1.54, 1.807) is 37.3 Å². The molecule has 0 spiro atoms. The van der Waals surface area contributed by atoms with Crippen molar-refractivity contribution in [3.8, 4) is 0 Å². The van der Waals surface area contributed by atoms with E-state index in [2.05, 4.69) is 5.32 Å². The summed E-state index contributed by atoms with van der Waals surface area (Å²) in [6, 6.07) is 10.5. The lowest BCUT2D eigenvalue weighted by molar-refractivity contribution is -0.131. The van der Waals surface area contributed by atoms with E-state index in [0.717, 1.165) is 17.0 Å². The number of ketones is 1. The van der Waals surface area contributed by atoms with Crippen molar-refractivity contribution in [2.75, 3.05) is 6.54 Å². The minimum Gasteiger partial charge on any atom is -0.319 e. The highest BCUT2D eigenvalue weighted by Gasteiger charge is 2.51. The second-order valence-electron chi connectivity index (χ2n) is 5.99. The number of carbonyl (C=O) groups is 3. The zero-order valence-electron chi connectivity index (χ0n) is 14.0. The summed E-state index contributed by atoms with van der Waals surface area (Å²) in [6.07, 6.45) is 0.289.